The molecule has 0 spiro atoms. The Morgan fingerprint density at radius 2 is 1.09 bits per heavy atom. The van der Waals surface area contributed by atoms with Crippen molar-refractivity contribution in [2.24, 2.45) is 0 Å². The molecule has 43 heavy (non-hydrogen) atoms. The summed E-state index contributed by atoms with van der Waals surface area (Å²) in [5.41, 5.74) is 0. The van der Waals surface area contributed by atoms with Crippen LogP contribution in [0.1, 0.15) is 89.5 Å². The van der Waals surface area contributed by atoms with E-state index >= 15 is 0 Å². The summed E-state index contributed by atoms with van der Waals surface area (Å²) in [5, 5.41) is 11.9. The zero-order valence-electron chi connectivity index (χ0n) is 31.7. The Kier molecular flexibility index (Phi) is 12.6. The van der Waals surface area contributed by atoms with Crippen LogP contribution in [-0.4, -0.2) is 81.5 Å². The fraction of sp³-hybridized carbons (Fsp3) is 0.969. The van der Waals surface area contributed by atoms with Crippen LogP contribution in [0.15, 0.2) is 0 Å². The van der Waals surface area contributed by atoms with Crippen molar-refractivity contribution in [1.29, 1.82) is 0 Å². The molecule has 0 aromatic heterocycles. The van der Waals surface area contributed by atoms with Crippen LogP contribution in [0.3, 0.4) is 0 Å². The first kappa shape index (κ1) is 41.3. The van der Waals surface area contributed by atoms with E-state index in [0.29, 0.717) is 6.61 Å². The average Bonchev–Trinajstić information content (AvgIpc) is 2.99. The minimum absolute atomic E-state index is 0.00826. The van der Waals surface area contributed by atoms with Gasteiger partial charge in [0.25, 0.3) is 0 Å². The number of ether oxygens (including phenoxy) is 1. The van der Waals surface area contributed by atoms with Gasteiger partial charge in [0.05, 0.1) is 19.1 Å². The second-order valence-corrected chi connectivity index (χ2v) is 38.0. The van der Waals surface area contributed by atoms with Crippen molar-refractivity contribution in [3.05, 3.63) is 0 Å². The fourth-order valence-electron chi connectivity index (χ4n) is 3.93. The van der Waals surface area contributed by atoms with Crippen LogP contribution in [0.5, 0.6) is 0 Å². The molecule has 5 atom stereocenters. The lowest BCUT2D eigenvalue weighted by molar-refractivity contribution is -0.233. The van der Waals surface area contributed by atoms with Crippen molar-refractivity contribution in [1.82, 2.24) is 0 Å². The molecule has 1 rings (SSSR count). The van der Waals surface area contributed by atoms with E-state index in [9.17, 15) is 9.90 Å². The van der Waals surface area contributed by atoms with E-state index in [2.05, 4.69) is 135 Å². The van der Waals surface area contributed by atoms with Crippen molar-refractivity contribution in [3.8, 4) is 0 Å². The summed E-state index contributed by atoms with van der Waals surface area (Å²) in [5.74, 6) is -1.85. The van der Waals surface area contributed by atoms with Crippen molar-refractivity contribution in [2.75, 3.05) is 6.61 Å². The Morgan fingerprint density at radius 3 is 1.47 bits per heavy atom. The molecule has 1 N–H and O–H groups in total. The molecule has 256 valence electrons. The van der Waals surface area contributed by atoms with Gasteiger partial charge >= 0.3 is 0 Å². The highest BCUT2D eigenvalue weighted by Crippen LogP contribution is 2.48. The minimum Gasteiger partial charge on any atom is -0.414 e. The Labute approximate surface area is 270 Å². The van der Waals surface area contributed by atoms with Gasteiger partial charge in [-0.1, -0.05) is 83.1 Å². The molecule has 0 aliphatic carbocycles. The van der Waals surface area contributed by atoms with Gasteiger partial charge in [0.15, 0.2) is 33.3 Å². The van der Waals surface area contributed by atoms with Crippen LogP contribution in [0.2, 0.25) is 72.5 Å². The highest BCUT2D eigenvalue weighted by molar-refractivity contribution is 6.75. The fourth-order valence-corrected chi connectivity index (χ4v) is 8.85. The zero-order chi connectivity index (χ0) is 34.5. The highest BCUT2D eigenvalue weighted by Gasteiger charge is 2.62. The molecule has 11 heteroatoms. The lowest BCUT2D eigenvalue weighted by atomic mass is 10.0. The summed E-state index contributed by atoms with van der Waals surface area (Å²) in [6.45, 7) is 44.5. The Morgan fingerprint density at radius 1 is 0.698 bits per heavy atom. The summed E-state index contributed by atoms with van der Waals surface area (Å²) in [6, 6.07) is 0. The number of carbonyl (C=O) groups is 1. The van der Waals surface area contributed by atoms with Crippen molar-refractivity contribution < 1.29 is 32.3 Å². The quantitative estimate of drug-likeness (QED) is 0.163. The summed E-state index contributed by atoms with van der Waals surface area (Å²) < 4.78 is 34.8. The largest absolute Gasteiger partial charge is 0.414 e. The van der Waals surface area contributed by atoms with Gasteiger partial charge in [-0.25, -0.2) is 0 Å². The molecule has 1 unspecified atom stereocenters. The predicted octanol–water partition coefficient (Wildman–Crippen LogP) is 8.86. The van der Waals surface area contributed by atoms with Crippen LogP contribution in [0.25, 0.3) is 0 Å². The molecule has 0 saturated carbocycles. The topological polar surface area (TPSA) is 83.5 Å². The van der Waals surface area contributed by atoms with Gasteiger partial charge in [-0.15, -0.1) is 0 Å². The maximum Gasteiger partial charge on any atom is 0.200 e. The number of aldehydes is 1. The van der Waals surface area contributed by atoms with Gasteiger partial charge in [0.1, 0.15) is 24.6 Å². The summed E-state index contributed by atoms with van der Waals surface area (Å²) in [7, 11) is -9.36. The van der Waals surface area contributed by atoms with Gasteiger partial charge in [-0.2, -0.15) is 0 Å². The van der Waals surface area contributed by atoms with E-state index in [4.69, 9.17) is 22.4 Å². The Hall–Kier alpha value is 0.298. The second-order valence-electron chi connectivity index (χ2n) is 18.9. The van der Waals surface area contributed by atoms with E-state index in [1.54, 1.807) is 0 Å². The van der Waals surface area contributed by atoms with Crippen molar-refractivity contribution in [2.45, 2.75) is 192 Å². The molecule has 0 radical (unpaired) electrons. The predicted molar refractivity (Wildman–Crippen MR) is 190 cm³/mol. The first-order valence-corrected chi connectivity index (χ1v) is 27.8. The van der Waals surface area contributed by atoms with Crippen molar-refractivity contribution in [3.63, 3.8) is 0 Å². The lowest BCUT2D eigenvalue weighted by Crippen LogP contribution is -2.59. The summed E-state index contributed by atoms with van der Waals surface area (Å²) >= 11 is 0. The van der Waals surface area contributed by atoms with Gasteiger partial charge in [-0.05, 0) is 72.5 Å². The number of hydrogen-bond acceptors (Lipinski definition) is 7. The van der Waals surface area contributed by atoms with Crippen LogP contribution in [0.4, 0.5) is 0 Å². The van der Waals surface area contributed by atoms with E-state index in [1.165, 1.54) is 0 Å². The SMILES string of the molecule is CC(C)(C)[Si](C)(C)OC[C@@H](O[Si](C)(C)C(C)(C)C)[C@H]1OC(O)(CC=O)[C@H](O[Si](C)(C)C(C)(C)C)[C@H]1O[Si](C)(C)C(C)(C)C. The van der Waals surface area contributed by atoms with Gasteiger partial charge in [0, 0.05) is 0 Å². The molecule has 1 saturated heterocycles. The molecule has 1 aliphatic rings. The summed E-state index contributed by atoms with van der Waals surface area (Å²) in [4.78, 5) is 12.1. The molecule has 0 aromatic rings. The Bertz CT molecular complexity index is 939. The van der Waals surface area contributed by atoms with Gasteiger partial charge < -0.3 is 32.3 Å². The normalized spacial score (nSPS) is 26.1. The molecule has 0 aromatic carbocycles. The third-order valence-corrected chi connectivity index (χ3v) is 29.2. The molecule has 7 nitrogen and oxygen atoms in total. The smallest absolute Gasteiger partial charge is 0.200 e. The van der Waals surface area contributed by atoms with Crippen LogP contribution < -0.4 is 0 Å². The van der Waals surface area contributed by atoms with Crippen LogP contribution in [0, 0.1) is 0 Å². The van der Waals surface area contributed by atoms with E-state index in [-0.39, 0.29) is 26.6 Å². The molecule has 0 amide bonds. The molecule has 0 bridgehead atoms. The van der Waals surface area contributed by atoms with Crippen LogP contribution in [-0.2, 0) is 27.2 Å². The molecular formula is C32H70O7Si4. The maximum atomic E-state index is 12.2. The van der Waals surface area contributed by atoms with E-state index in [1.807, 2.05) is 0 Å². The lowest BCUT2D eigenvalue weighted by Gasteiger charge is -2.46. The van der Waals surface area contributed by atoms with E-state index in [0.717, 1.165) is 6.29 Å². The monoisotopic (exact) mass is 678 g/mol. The van der Waals surface area contributed by atoms with Crippen molar-refractivity contribution >= 4 is 39.6 Å². The zero-order valence-corrected chi connectivity index (χ0v) is 35.7. The molecule has 1 heterocycles. The third-order valence-electron chi connectivity index (χ3n) is 11.3. The minimum atomic E-state index is -2.44. The van der Waals surface area contributed by atoms with Crippen LogP contribution >= 0.6 is 0 Å². The maximum absolute atomic E-state index is 12.2. The number of carbonyl (C=O) groups excluding carboxylic acids is 1. The van der Waals surface area contributed by atoms with E-state index < -0.39 is 63.5 Å². The van der Waals surface area contributed by atoms with Gasteiger partial charge in [0.2, 0.25) is 5.79 Å². The molecular weight excluding hydrogens is 609 g/mol. The second kappa shape index (κ2) is 13.1. The summed E-state index contributed by atoms with van der Waals surface area (Å²) in [6.07, 6.45) is -2.18. The number of hydrogen-bond donors (Lipinski definition) is 1. The first-order valence-electron chi connectivity index (χ1n) is 16.2. The average molecular weight is 679 g/mol. The molecule has 1 aliphatic heterocycles. The Balaban J connectivity index is 3.92. The first-order chi connectivity index (χ1) is 18.7. The standard InChI is InChI=1S/C32H70O7Si4/c1-28(2,3)40(13,14)35-23-24(37-41(15,16)29(4,5)6)25-26(38-42(17,18)30(7,8)9)27(32(34,36-25)21-22-33)39-43(19,20)31(10,11)12/h22,24-27,34H,21,23H2,1-20H3/t24-,25-,26+,27-,32?/m1/s1. The van der Waals surface area contributed by atoms with Gasteiger partial charge in [-0.3, -0.25) is 0 Å². The third kappa shape index (κ3) is 9.67. The number of aliphatic hydroxyl groups is 1. The number of rotatable bonds is 12. The highest BCUT2D eigenvalue weighted by atomic mass is 28.4. The molecule has 1 fully saturated rings.